The van der Waals surface area contributed by atoms with Gasteiger partial charge in [0.15, 0.2) is 11.5 Å². The van der Waals surface area contributed by atoms with Gasteiger partial charge in [-0.25, -0.2) is 5.48 Å². The van der Waals surface area contributed by atoms with Gasteiger partial charge in [0, 0.05) is 12.0 Å². The lowest BCUT2D eigenvalue weighted by Gasteiger charge is -2.12. The van der Waals surface area contributed by atoms with E-state index in [4.69, 9.17) is 15.2 Å². The number of amides is 1. The smallest absolute Gasteiger partial charge is 0.292 e. The number of phenols is 1. The van der Waals surface area contributed by atoms with E-state index in [1.807, 2.05) is 0 Å². The highest BCUT2D eigenvalue weighted by atomic mass is 79.9. The average molecular weight is 398 g/mol. The molecule has 7 nitrogen and oxygen atoms in total. The minimum absolute atomic E-state index is 0.160. The molecular weight excluding hydrogens is 388 g/mol. The molecule has 0 aromatic heterocycles. The van der Waals surface area contributed by atoms with Crippen LogP contribution in [0.4, 0.5) is 0 Å². The second-order valence-electron chi connectivity index (χ2n) is 3.38. The predicted molar refractivity (Wildman–Crippen MR) is 72.9 cm³/mol. The van der Waals surface area contributed by atoms with Crippen molar-refractivity contribution in [3.05, 3.63) is 20.6 Å². The number of aromatic hydroxyl groups is 1. The van der Waals surface area contributed by atoms with E-state index in [0.29, 0.717) is 20.3 Å². The van der Waals surface area contributed by atoms with Crippen LogP contribution in [0.1, 0.15) is 5.56 Å². The molecular formula is C10H10Br2N2O5. The highest BCUT2D eigenvalue weighted by Crippen LogP contribution is 2.42. The average Bonchev–Trinajstić information content (AvgIpc) is 2.41. The number of methoxy groups -OCH3 is 1. The van der Waals surface area contributed by atoms with Gasteiger partial charge in [-0.3, -0.25) is 10.0 Å². The van der Waals surface area contributed by atoms with Crippen LogP contribution in [0.3, 0.4) is 0 Å². The van der Waals surface area contributed by atoms with Crippen molar-refractivity contribution < 1.29 is 25.1 Å². The zero-order valence-electron chi connectivity index (χ0n) is 9.65. The number of rotatable bonds is 4. The topological polar surface area (TPSA) is 111 Å². The summed E-state index contributed by atoms with van der Waals surface area (Å²) in [5, 5.41) is 29.9. The third kappa shape index (κ3) is 3.37. The normalized spacial score (nSPS) is 11.3. The van der Waals surface area contributed by atoms with E-state index in [9.17, 15) is 9.90 Å². The van der Waals surface area contributed by atoms with Gasteiger partial charge < -0.3 is 15.1 Å². The van der Waals surface area contributed by atoms with Crippen LogP contribution in [0.15, 0.2) is 20.2 Å². The molecule has 0 atom stereocenters. The third-order valence-corrected chi connectivity index (χ3v) is 3.60. The number of nitrogens with zero attached hydrogens (tertiary/aromatic N) is 1. The van der Waals surface area contributed by atoms with Gasteiger partial charge in [-0.15, -0.1) is 0 Å². The summed E-state index contributed by atoms with van der Waals surface area (Å²) in [4.78, 5) is 11.2. The van der Waals surface area contributed by atoms with Crippen molar-refractivity contribution in [3.8, 4) is 11.5 Å². The van der Waals surface area contributed by atoms with Gasteiger partial charge in [0.05, 0.1) is 11.6 Å². The summed E-state index contributed by atoms with van der Waals surface area (Å²) < 4.78 is 5.89. The van der Waals surface area contributed by atoms with Crippen LogP contribution in [-0.4, -0.2) is 34.2 Å². The van der Waals surface area contributed by atoms with Gasteiger partial charge in [-0.05, 0) is 37.9 Å². The van der Waals surface area contributed by atoms with Gasteiger partial charge in [0.2, 0.25) is 0 Å². The fraction of sp³-hybridized carbons (Fsp3) is 0.200. The summed E-state index contributed by atoms with van der Waals surface area (Å²) in [5.41, 5.74) is 1.29. The first kappa shape index (κ1) is 15.7. The molecule has 0 saturated carbocycles. The Balaban J connectivity index is 3.20. The maximum Gasteiger partial charge on any atom is 0.292 e. The second-order valence-corrected chi connectivity index (χ2v) is 5.03. The Hall–Kier alpha value is -1.32. The molecule has 9 heteroatoms. The quantitative estimate of drug-likeness (QED) is 0.268. The summed E-state index contributed by atoms with van der Waals surface area (Å²) >= 11 is 6.39. The number of carbonyl (C=O) groups is 1. The molecule has 104 valence electrons. The molecule has 0 aliphatic carbocycles. The molecule has 0 unspecified atom stereocenters. The predicted octanol–water partition coefficient (Wildman–Crippen LogP) is 1.80. The number of oxime groups is 1. The van der Waals surface area contributed by atoms with Gasteiger partial charge in [0.25, 0.3) is 5.91 Å². The number of benzene rings is 1. The standard InChI is InChI=1S/C10H10Br2N2O5/c1-19-9-5(11)2-4(8(15)7(9)12)3-6(13-17)10(16)14-18/h2,15,17-18H,3H2,1H3,(H,14,16)/b13-6+. The van der Waals surface area contributed by atoms with E-state index in [1.165, 1.54) is 18.7 Å². The van der Waals surface area contributed by atoms with E-state index in [2.05, 4.69) is 37.0 Å². The maximum absolute atomic E-state index is 11.2. The number of halogens is 2. The van der Waals surface area contributed by atoms with Crippen molar-refractivity contribution in [2.45, 2.75) is 6.42 Å². The lowest BCUT2D eigenvalue weighted by atomic mass is 10.1. The first-order chi connectivity index (χ1) is 8.96. The largest absolute Gasteiger partial charge is 0.506 e. The van der Waals surface area contributed by atoms with Crippen molar-refractivity contribution in [2.75, 3.05) is 7.11 Å². The summed E-state index contributed by atoms with van der Waals surface area (Å²) in [6.45, 7) is 0. The zero-order chi connectivity index (χ0) is 14.6. The van der Waals surface area contributed by atoms with Crippen LogP contribution < -0.4 is 10.2 Å². The van der Waals surface area contributed by atoms with Crippen molar-refractivity contribution in [1.82, 2.24) is 5.48 Å². The number of hydroxylamine groups is 1. The Morgan fingerprint density at radius 1 is 1.53 bits per heavy atom. The minimum atomic E-state index is -0.968. The molecule has 1 aromatic carbocycles. The molecule has 0 aliphatic heterocycles. The zero-order valence-corrected chi connectivity index (χ0v) is 12.8. The number of carbonyl (C=O) groups excluding carboxylic acids is 1. The van der Waals surface area contributed by atoms with E-state index >= 15 is 0 Å². The van der Waals surface area contributed by atoms with Crippen molar-refractivity contribution in [1.29, 1.82) is 0 Å². The minimum Gasteiger partial charge on any atom is -0.506 e. The summed E-state index contributed by atoms with van der Waals surface area (Å²) in [6, 6.07) is 1.51. The maximum atomic E-state index is 11.2. The molecule has 1 aromatic rings. The molecule has 19 heavy (non-hydrogen) atoms. The van der Waals surface area contributed by atoms with Crippen LogP contribution in [0.2, 0.25) is 0 Å². The Labute approximate surface area is 125 Å². The van der Waals surface area contributed by atoms with Gasteiger partial charge in [0.1, 0.15) is 10.2 Å². The molecule has 0 spiro atoms. The van der Waals surface area contributed by atoms with E-state index in [1.54, 1.807) is 0 Å². The van der Waals surface area contributed by atoms with Crippen molar-refractivity contribution in [2.24, 2.45) is 5.16 Å². The fourth-order valence-corrected chi connectivity index (χ4v) is 2.90. The number of phenolic OH excluding ortho intramolecular Hbond substituents is 1. The molecule has 0 bridgehead atoms. The van der Waals surface area contributed by atoms with Crippen LogP contribution in [0.5, 0.6) is 11.5 Å². The second kappa shape index (κ2) is 6.73. The lowest BCUT2D eigenvalue weighted by Crippen LogP contribution is -2.29. The van der Waals surface area contributed by atoms with Crippen molar-refractivity contribution in [3.63, 3.8) is 0 Å². The van der Waals surface area contributed by atoms with Gasteiger partial charge in [-0.1, -0.05) is 5.16 Å². The Bertz CT molecular complexity index is 533. The first-order valence-electron chi connectivity index (χ1n) is 4.85. The highest BCUT2D eigenvalue weighted by Gasteiger charge is 2.19. The van der Waals surface area contributed by atoms with Gasteiger partial charge in [-0.2, -0.15) is 0 Å². The number of hydrogen-bond acceptors (Lipinski definition) is 6. The molecule has 4 N–H and O–H groups in total. The lowest BCUT2D eigenvalue weighted by molar-refractivity contribution is -0.122. The SMILES string of the molecule is COc1c(Br)cc(C/C(=N\O)C(=O)NO)c(O)c1Br. The summed E-state index contributed by atoms with van der Waals surface area (Å²) in [7, 11) is 1.43. The van der Waals surface area contributed by atoms with Crippen LogP contribution in [0, 0.1) is 0 Å². The molecule has 0 fully saturated rings. The molecule has 1 rings (SSSR count). The van der Waals surface area contributed by atoms with Crippen LogP contribution in [0.25, 0.3) is 0 Å². The monoisotopic (exact) mass is 396 g/mol. The van der Waals surface area contributed by atoms with Crippen LogP contribution in [-0.2, 0) is 11.2 Å². The molecule has 0 saturated heterocycles. The van der Waals surface area contributed by atoms with Gasteiger partial charge >= 0.3 is 0 Å². The van der Waals surface area contributed by atoms with Crippen LogP contribution >= 0.6 is 31.9 Å². The van der Waals surface area contributed by atoms with E-state index in [0.717, 1.165) is 0 Å². The van der Waals surface area contributed by atoms with Crippen molar-refractivity contribution >= 4 is 43.5 Å². The van der Waals surface area contributed by atoms with E-state index < -0.39 is 5.91 Å². The summed E-state index contributed by atoms with van der Waals surface area (Å²) in [6.07, 6.45) is -0.185. The fourth-order valence-electron chi connectivity index (χ4n) is 1.37. The molecule has 1 amide bonds. The molecule has 0 radical (unpaired) electrons. The van der Waals surface area contributed by atoms with E-state index in [-0.39, 0.29) is 17.9 Å². The number of nitrogens with one attached hydrogen (secondary N) is 1. The third-order valence-electron chi connectivity index (χ3n) is 2.28. The number of ether oxygens (including phenoxy) is 1. The summed E-state index contributed by atoms with van der Waals surface area (Å²) in [5.74, 6) is -0.743. The molecule has 0 aliphatic rings. The Morgan fingerprint density at radius 3 is 2.63 bits per heavy atom. The number of hydrogen-bond donors (Lipinski definition) is 4. The highest BCUT2D eigenvalue weighted by molar-refractivity contribution is 9.11. The Morgan fingerprint density at radius 2 is 2.16 bits per heavy atom. The molecule has 0 heterocycles. The first-order valence-corrected chi connectivity index (χ1v) is 6.44. The Kier molecular flexibility index (Phi) is 5.58.